The predicted octanol–water partition coefficient (Wildman–Crippen LogP) is 4.38. The van der Waals surface area contributed by atoms with Gasteiger partial charge in [-0.25, -0.2) is 0 Å². The van der Waals surface area contributed by atoms with Crippen LogP contribution >= 0.6 is 0 Å². The Morgan fingerprint density at radius 2 is 1.21 bits per heavy atom. The molecule has 0 unspecified atom stereocenters. The van der Waals surface area contributed by atoms with Crippen LogP contribution in [0.25, 0.3) is 0 Å². The van der Waals surface area contributed by atoms with Crippen LogP contribution in [-0.4, -0.2) is 5.91 Å². The fourth-order valence-electron chi connectivity index (χ4n) is 1.98. The second-order valence-electron chi connectivity index (χ2n) is 4.75. The van der Waals surface area contributed by atoms with Crippen LogP contribution in [0.1, 0.15) is 24.5 Å². The molecule has 0 radical (unpaired) electrons. The van der Waals surface area contributed by atoms with Crippen molar-refractivity contribution >= 4 is 17.3 Å². The topological polar surface area (TPSA) is 20.3 Å². The van der Waals surface area contributed by atoms with E-state index in [-0.39, 0.29) is 5.91 Å². The number of amides is 1. The minimum atomic E-state index is 0.104. The van der Waals surface area contributed by atoms with Gasteiger partial charge in [-0.2, -0.15) is 0 Å². The molecule has 0 saturated carbocycles. The Bertz CT molecular complexity index is 509. The highest BCUT2D eigenvalue weighted by Gasteiger charge is 2.15. The zero-order valence-corrected chi connectivity index (χ0v) is 11.7. The molecule has 0 N–H and O–H groups in total. The number of anilines is 2. The number of hydrogen-bond donors (Lipinski definition) is 0. The SMILES string of the molecule is CCC(=O)N(c1ccc(C)cc1)c1ccc(C)cc1. The molecule has 2 nitrogen and oxygen atoms in total. The molecule has 0 atom stereocenters. The van der Waals surface area contributed by atoms with E-state index < -0.39 is 0 Å². The number of carbonyl (C=O) groups excluding carboxylic acids is 1. The Hall–Kier alpha value is -2.09. The van der Waals surface area contributed by atoms with Crippen LogP contribution < -0.4 is 4.90 Å². The first-order valence-corrected chi connectivity index (χ1v) is 6.58. The van der Waals surface area contributed by atoms with E-state index in [9.17, 15) is 4.79 Å². The first kappa shape index (κ1) is 13.3. The van der Waals surface area contributed by atoms with Crippen LogP contribution in [0.5, 0.6) is 0 Å². The average molecular weight is 253 g/mol. The molecule has 2 aromatic carbocycles. The largest absolute Gasteiger partial charge is 0.281 e. The smallest absolute Gasteiger partial charge is 0.231 e. The van der Waals surface area contributed by atoms with Gasteiger partial charge < -0.3 is 0 Å². The molecule has 0 aliphatic rings. The molecule has 0 fully saturated rings. The summed E-state index contributed by atoms with van der Waals surface area (Å²) in [5.74, 6) is 0.104. The van der Waals surface area contributed by atoms with Crippen molar-refractivity contribution in [2.45, 2.75) is 27.2 Å². The summed E-state index contributed by atoms with van der Waals surface area (Å²) in [6.07, 6.45) is 0.488. The van der Waals surface area contributed by atoms with Crippen LogP contribution in [0, 0.1) is 13.8 Å². The minimum absolute atomic E-state index is 0.104. The van der Waals surface area contributed by atoms with E-state index >= 15 is 0 Å². The summed E-state index contributed by atoms with van der Waals surface area (Å²) in [7, 11) is 0. The highest BCUT2D eigenvalue weighted by molar-refractivity contribution is 6.00. The number of hydrogen-bond acceptors (Lipinski definition) is 1. The molecule has 1 amide bonds. The van der Waals surface area contributed by atoms with Gasteiger partial charge in [0.2, 0.25) is 5.91 Å². The summed E-state index contributed by atoms with van der Waals surface area (Å²) >= 11 is 0. The normalized spacial score (nSPS) is 10.3. The number of aryl methyl sites for hydroxylation is 2. The van der Waals surface area contributed by atoms with Crippen molar-refractivity contribution in [3.8, 4) is 0 Å². The third-order valence-electron chi connectivity index (χ3n) is 3.14. The summed E-state index contributed by atoms with van der Waals surface area (Å²) in [6, 6.07) is 16.1. The predicted molar refractivity (Wildman–Crippen MR) is 79.8 cm³/mol. The van der Waals surface area contributed by atoms with Crippen LogP contribution in [0.3, 0.4) is 0 Å². The maximum absolute atomic E-state index is 12.2. The zero-order chi connectivity index (χ0) is 13.8. The van der Waals surface area contributed by atoms with Gasteiger partial charge in [0.25, 0.3) is 0 Å². The van der Waals surface area contributed by atoms with Gasteiger partial charge in [0.1, 0.15) is 0 Å². The molecule has 0 aliphatic carbocycles. The molecular formula is C17H19NO. The molecule has 0 heterocycles. The third-order valence-corrected chi connectivity index (χ3v) is 3.14. The van der Waals surface area contributed by atoms with E-state index in [1.54, 1.807) is 4.90 Å². The molecule has 0 aromatic heterocycles. The van der Waals surface area contributed by atoms with Crippen molar-refractivity contribution in [3.63, 3.8) is 0 Å². The van der Waals surface area contributed by atoms with Crippen molar-refractivity contribution in [1.82, 2.24) is 0 Å². The lowest BCUT2D eigenvalue weighted by atomic mass is 10.1. The van der Waals surface area contributed by atoms with Gasteiger partial charge in [-0.3, -0.25) is 9.69 Å². The van der Waals surface area contributed by atoms with Crippen molar-refractivity contribution in [2.75, 3.05) is 4.90 Å². The Kier molecular flexibility index (Phi) is 4.00. The van der Waals surface area contributed by atoms with Crippen LogP contribution in [-0.2, 0) is 4.79 Å². The van der Waals surface area contributed by atoms with Crippen molar-refractivity contribution in [1.29, 1.82) is 0 Å². The van der Waals surface area contributed by atoms with Crippen molar-refractivity contribution in [3.05, 3.63) is 59.7 Å². The van der Waals surface area contributed by atoms with E-state index in [0.717, 1.165) is 11.4 Å². The molecular weight excluding hydrogens is 234 g/mol. The summed E-state index contributed by atoms with van der Waals surface area (Å²) < 4.78 is 0. The van der Waals surface area contributed by atoms with Gasteiger partial charge >= 0.3 is 0 Å². The van der Waals surface area contributed by atoms with E-state index in [4.69, 9.17) is 0 Å². The Morgan fingerprint density at radius 3 is 1.53 bits per heavy atom. The van der Waals surface area contributed by atoms with Crippen LogP contribution in [0.15, 0.2) is 48.5 Å². The van der Waals surface area contributed by atoms with Crippen LogP contribution in [0.4, 0.5) is 11.4 Å². The van der Waals surface area contributed by atoms with Crippen molar-refractivity contribution in [2.24, 2.45) is 0 Å². The first-order valence-electron chi connectivity index (χ1n) is 6.58. The average Bonchev–Trinajstić information content (AvgIpc) is 2.43. The molecule has 0 saturated heterocycles. The zero-order valence-electron chi connectivity index (χ0n) is 11.7. The standard InChI is InChI=1S/C17H19NO/c1-4-17(19)18(15-9-5-13(2)6-10-15)16-11-7-14(3)8-12-16/h5-12H,4H2,1-3H3. The van der Waals surface area contributed by atoms with E-state index in [1.165, 1.54) is 11.1 Å². The molecule has 0 bridgehead atoms. The number of carbonyl (C=O) groups is 1. The van der Waals surface area contributed by atoms with Gasteiger partial charge in [0.15, 0.2) is 0 Å². The second-order valence-corrected chi connectivity index (χ2v) is 4.75. The highest BCUT2D eigenvalue weighted by atomic mass is 16.2. The van der Waals surface area contributed by atoms with Gasteiger partial charge in [-0.1, -0.05) is 42.3 Å². The number of benzene rings is 2. The minimum Gasteiger partial charge on any atom is -0.281 e. The Balaban J connectivity index is 2.44. The molecule has 2 rings (SSSR count). The Morgan fingerprint density at radius 1 is 0.842 bits per heavy atom. The Labute approximate surface area is 114 Å². The molecule has 0 spiro atoms. The van der Waals surface area contributed by atoms with Gasteiger partial charge in [0.05, 0.1) is 0 Å². The fraction of sp³-hybridized carbons (Fsp3) is 0.235. The molecule has 0 aliphatic heterocycles. The molecule has 19 heavy (non-hydrogen) atoms. The lowest BCUT2D eigenvalue weighted by Crippen LogP contribution is -2.24. The van der Waals surface area contributed by atoms with E-state index in [1.807, 2.05) is 69.3 Å². The van der Waals surface area contributed by atoms with Gasteiger partial charge in [-0.05, 0) is 38.1 Å². The van der Waals surface area contributed by atoms with Gasteiger partial charge in [-0.15, -0.1) is 0 Å². The monoisotopic (exact) mass is 253 g/mol. The van der Waals surface area contributed by atoms with E-state index in [2.05, 4.69) is 0 Å². The van der Waals surface area contributed by atoms with E-state index in [0.29, 0.717) is 6.42 Å². The number of nitrogens with zero attached hydrogens (tertiary/aromatic N) is 1. The first-order chi connectivity index (χ1) is 9.11. The molecule has 2 heteroatoms. The summed E-state index contributed by atoms with van der Waals surface area (Å²) in [4.78, 5) is 14.0. The second kappa shape index (κ2) is 5.70. The summed E-state index contributed by atoms with van der Waals surface area (Å²) in [6.45, 7) is 5.97. The maximum Gasteiger partial charge on any atom is 0.231 e. The lowest BCUT2D eigenvalue weighted by Gasteiger charge is -2.23. The van der Waals surface area contributed by atoms with Gasteiger partial charge in [0, 0.05) is 17.8 Å². The van der Waals surface area contributed by atoms with Crippen molar-refractivity contribution < 1.29 is 4.79 Å². The molecule has 98 valence electrons. The summed E-state index contributed by atoms with van der Waals surface area (Å²) in [5.41, 5.74) is 4.22. The van der Waals surface area contributed by atoms with Crippen LogP contribution in [0.2, 0.25) is 0 Å². The third kappa shape index (κ3) is 3.02. The molecule has 2 aromatic rings. The fourth-order valence-corrected chi connectivity index (χ4v) is 1.98. The number of rotatable bonds is 3. The lowest BCUT2D eigenvalue weighted by molar-refractivity contribution is -0.117. The maximum atomic E-state index is 12.2. The summed E-state index contributed by atoms with van der Waals surface area (Å²) in [5, 5.41) is 0. The quantitative estimate of drug-likeness (QED) is 0.795. The highest BCUT2D eigenvalue weighted by Crippen LogP contribution is 2.26.